The number of phenols is 1. The quantitative estimate of drug-likeness (QED) is 0.811. The summed E-state index contributed by atoms with van der Waals surface area (Å²) in [7, 11) is 0. The number of phenolic OH excluding ortho intramolecular Hbond substituents is 1. The molecule has 0 saturated carbocycles. The van der Waals surface area contributed by atoms with Gasteiger partial charge in [-0.1, -0.05) is 6.92 Å². The molecule has 0 radical (unpaired) electrons. The summed E-state index contributed by atoms with van der Waals surface area (Å²) in [6.45, 7) is 5.32. The first-order chi connectivity index (χ1) is 8.04. The molecule has 2 rings (SSSR count). The fourth-order valence-corrected chi connectivity index (χ4v) is 1.76. The number of rotatable bonds is 2. The average molecular weight is 234 g/mol. The molecule has 4 heteroatoms. The highest BCUT2D eigenvalue weighted by atomic mass is 16.5. The van der Waals surface area contributed by atoms with E-state index >= 15 is 0 Å². The molecular formula is C13H14O4. The minimum Gasteiger partial charge on any atom is -0.508 e. The van der Waals surface area contributed by atoms with Crippen molar-refractivity contribution in [3.05, 3.63) is 23.5 Å². The zero-order valence-corrected chi connectivity index (χ0v) is 10.0. The topological polar surface area (TPSA) is 59.7 Å². The average Bonchev–Trinajstić information content (AvgIpc) is 2.70. The van der Waals surface area contributed by atoms with Crippen molar-refractivity contribution in [1.82, 2.24) is 0 Å². The Morgan fingerprint density at radius 2 is 2.18 bits per heavy atom. The number of hydrogen-bond acceptors (Lipinski definition) is 4. The predicted molar refractivity (Wildman–Crippen MR) is 63.3 cm³/mol. The summed E-state index contributed by atoms with van der Waals surface area (Å²) in [5.41, 5.74) is 2.02. The van der Waals surface area contributed by atoms with Crippen LogP contribution in [0.25, 0.3) is 11.0 Å². The lowest BCUT2D eigenvalue weighted by molar-refractivity contribution is -0.133. The maximum absolute atomic E-state index is 11.3. The van der Waals surface area contributed by atoms with Crippen molar-refractivity contribution < 1.29 is 19.1 Å². The number of carbonyl (C=O) groups excluding carboxylic acids is 1. The molecule has 0 bridgehead atoms. The molecule has 90 valence electrons. The van der Waals surface area contributed by atoms with Crippen LogP contribution in [0, 0.1) is 13.8 Å². The molecule has 1 aromatic heterocycles. The number of benzene rings is 1. The monoisotopic (exact) mass is 234 g/mol. The fourth-order valence-electron chi connectivity index (χ4n) is 1.76. The van der Waals surface area contributed by atoms with Crippen LogP contribution in [0.3, 0.4) is 0 Å². The number of hydrogen-bond donors (Lipinski definition) is 1. The number of ether oxygens (including phenoxy) is 1. The lowest BCUT2D eigenvalue weighted by Crippen LogP contribution is -2.05. The van der Waals surface area contributed by atoms with E-state index in [9.17, 15) is 9.90 Å². The minimum atomic E-state index is -0.308. The number of carbonyl (C=O) groups is 1. The Kier molecular flexibility index (Phi) is 2.79. The van der Waals surface area contributed by atoms with Gasteiger partial charge in [0.2, 0.25) is 0 Å². The van der Waals surface area contributed by atoms with Crippen molar-refractivity contribution in [2.45, 2.75) is 27.2 Å². The predicted octanol–water partition coefficient (Wildman–Crippen LogP) is 3.07. The Morgan fingerprint density at radius 3 is 2.82 bits per heavy atom. The fraction of sp³-hybridized carbons (Fsp3) is 0.308. The van der Waals surface area contributed by atoms with Crippen molar-refractivity contribution in [1.29, 1.82) is 0 Å². The van der Waals surface area contributed by atoms with E-state index in [4.69, 9.17) is 9.15 Å². The molecule has 0 atom stereocenters. The van der Waals surface area contributed by atoms with E-state index in [0.29, 0.717) is 23.3 Å². The highest BCUT2D eigenvalue weighted by Crippen LogP contribution is 2.37. The van der Waals surface area contributed by atoms with Gasteiger partial charge in [0.1, 0.15) is 17.6 Å². The van der Waals surface area contributed by atoms with E-state index in [2.05, 4.69) is 0 Å². The van der Waals surface area contributed by atoms with Crippen molar-refractivity contribution in [3.8, 4) is 11.5 Å². The molecule has 0 fully saturated rings. The first-order valence-electron chi connectivity index (χ1n) is 5.45. The first-order valence-corrected chi connectivity index (χ1v) is 5.45. The van der Waals surface area contributed by atoms with Crippen LogP contribution in [-0.4, -0.2) is 11.1 Å². The van der Waals surface area contributed by atoms with Crippen LogP contribution in [0.15, 0.2) is 16.7 Å². The Labute approximate surface area is 98.8 Å². The first kappa shape index (κ1) is 11.5. The molecule has 1 heterocycles. The van der Waals surface area contributed by atoms with Crippen molar-refractivity contribution in [3.63, 3.8) is 0 Å². The van der Waals surface area contributed by atoms with Gasteiger partial charge in [-0.25, -0.2) is 0 Å². The van der Waals surface area contributed by atoms with E-state index < -0.39 is 0 Å². The van der Waals surface area contributed by atoms with Gasteiger partial charge >= 0.3 is 5.97 Å². The third kappa shape index (κ3) is 1.86. The van der Waals surface area contributed by atoms with Crippen LogP contribution >= 0.6 is 0 Å². The summed E-state index contributed by atoms with van der Waals surface area (Å²) in [4.78, 5) is 11.3. The smallest absolute Gasteiger partial charge is 0.311 e. The molecule has 17 heavy (non-hydrogen) atoms. The molecule has 1 aromatic carbocycles. The van der Waals surface area contributed by atoms with Gasteiger partial charge in [0.15, 0.2) is 5.75 Å². The molecule has 0 aliphatic heterocycles. The van der Waals surface area contributed by atoms with Gasteiger partial charge in [0.05, 0.1) is 5.39 Å². The second-order valence-electron chi connectivity index (χ2n) is 3.97. The number of furan rings is 1. The Bertz CT molecular complexity index is 581. The minimum absolute atomic E-state index is 0.178. The Hall–Kier alpha value is -1.97. The summed E-state index contributed by atoms with van der Waals surface area (Å²) < 4.78 is 10.5. The number of aryl methyl sites for hydroxylation is 2. The highest BCUT2D eigenvalue weighted by molar-refractivity contribution is 5.92. The molecule has 1 N–H and O–H groups in total. The van der Waals surface area contributed by atoms with Gasteiger partial charge < -0.3 is 14.3 Å². The van der Waals surface area contributed by atoms with Crippen molar-refractivity contribution in [2.75, 3.05) is 0 Å². The molecule has 0 aliphatic carbocycles. The molecule has 0 amide bonds. The molecule has 4 nitrogen and oxygen atoms in total. The van der Waals surface area contributed by atoms with E-state index in [0.717, 1.165) is 10.9 Å². The molecule has 0 spiro atoms. The third-order valence-corrected chi connectivity index (χ3v) is 2.74. The maximum atomic E-state index is 11.3. The third-order valence-electron chi connectivity index (χ3n) is 2.74. The van der Waals surface area contributed by atoms with Crippen LogP contribution in [0.1, 0.15) is 24.5 Å². The summed E-state index contributed by atoms with van der Waals surface area (Å²) in [6.07, 6.45) is 1.71. The summed E-state index contributed by atoms with van der Waals surface area (Å²) in [5.74, 6) is 0.281. The zero-order valence-electron chi connectivity index (χ0n) is 10.0. The van der Waals surface area contributed by atoms with Gasteiger partial charge in [-0.05, 0) is 25.5 Å². The van der Waals surface area contributed by atoms with Crippen molar-refractivity contribution in [2.24, 2.45) is 0 Å². The van der Waals surface area contributed by atoms with Crippen LogP contribution < -0.4 is 4.74 Å². The van der Waals surface area contributed by atoms with E-state index in [-0.39, 0.29) is 11.7 Å². The lowest BCUT2D eigenvalue weighted by Gasteiger charge is -2.04. The van der Waals surface area contributed by atoms with E-state index in [1.54, 1.807) is 19.9 Å². The number of aromatic hydroxyl groups is 1. The Morgan fingerprint density at radius 1 is 1.47 bits per heavy atom. The molecule has 0 aliphatic rings. The van der Waals surface area contributed by atoms with Gasteiger partial charge in [-0.15, -0.1) is 0 Å². The van der Waals surface area contributed by atoms with Gasteiger partial charge in [0, 0.05) is 12.0 Å². The Balaban J connectivity index is 2.60. The molecule has 2 aromatic rings. The molecule has 0 unspecified atom stereocenters. The molecule has 0 saturated heterocycles. The van der Waals surface area contributed by atoms with Gasteiger partial charge in [-0.2, -0.15) is 0 Å². The second-order valence-corrected chi connectivity index (χ2v) is 3.97. The maximum Gasteiger partial charge on any atom is 0.311 e. The highest BCUT2D eigenvalue weighted by Gasteiger charge is 2.16. The number of esters is 1. The van der Waals surface area contributed by atoms with Crippen LogP contribution in [0.2, 0.25) is 0 Å². The SMILES string of the molecule is CCC(=O)Oc1coc2c(C)c(O)cc(C)c12. The normalized spacial score (nSPS) is 10.8. The van der Waals surface area contributed by atoms with Crippen LogP contribution in [0.4, 0.5) is 0 Å². The summed E-state index contributed by atoms with van der Waals surface area (Å²) in [5, 5.41) is 10.4. The zero-order chi connectivity index (χ0) is 12.6. The van der Waals surface area contributed by atoms with Crippen LogP contribution in [-0.2, 0) is 4.79 Å². The molecular weight excluding hydrogens is 220 g/mol. The van der Waals surface area contributed by atoms with E-state index in [1.165, 1.54) is 6.26 Å². The van der Waals surface area contributed by atoms with Gasteiger partial charge in [0.25, 0.3) is 0 Å². The lowest BCUT2D eigenvalue weighted by atomic mass is 10.1. The second kappa shape index (κ2) is 4.13. The number of fused-ring (bicyclic) bond motifs is 1. The van der Waals surface area contributed by atoms with E-state index in [1.807, 2.05) is 6.92 Å². The summed E-state index contributed by atoms with van der Waals surface area (Å²) in [6, 6.07) is 1.64. The van der Waals surface area contributed by atoms with Crippen LogP contribution in [0.5, 0.6) is 11.5 Å². The van der Waals surface area contributed by atoms with Crippen molar-refractivity contribution >= 4 is 16.9 Å². The summed E-state index contributed by atoms with van der Waals surface area (Å²) >= 11 is 0. The standard InChI is InChI=1S/C13H14O4/c1-4-11(15)17-10-6-16-13-8(3)9(14)5-7(2)12(10)13/h5-6,14H,4H2,1-3H3. The largest absolute Gasteiger partial charge is 0.508 e. The van der Waals surface area contributed by atoms with Gasteiger partial charge in [-0.3, -0.25) is 4.79 Å².